The first-order valence-corrected chi connectivity index (χ1v) is 4.72. The Morgan fingerprint density at radius 2 is 1.44 bits per heavy atom. The highest BCUT2D eigenvalue weighted by molar-refractivity contribution is 5.94. The molecular weight excluding hydrogens is 240 g/mol. The average molecular weight is 248 g/mol. The van der Waals surface area contributed by atoms with Gasteiger partial charge in [-0.25, -0.2) is 9.59 Å². The van der Waals surface area contributed by atoms with Gasteiger partial charge in [0.1, 0.15) is 6.42 Å². The second kappa shape index (κ2) is 5.50. The van der Waals surface area contributed by atoms with Gasteiger partial charge in [-0.3, -0.25) is 4.79 Å². The van der Waals surface area contributed by atoms with Crippen LogP contribution >= 0.6 is 0 Å². The fourth-order valence-corrected chi connectivity index (χ4v) is 1.17. The minimum atomic E-state index is -1.28. The number of carboxylic acids is 3. The highest BCUT2D eigenvalue weighted by Gasteiger charge is 2.10. The van der Waals surface area contributed by atoms with E-state index in [1.54, 1.807) is 0 Å². The maximum atomic E-state index is 10.8. The Labute approximate surface area is 101 Å². The maximum Gasteiger partial charge on any atom is 0.335 e. The van der Waals surface area contributed by atoms with Crippen LogP contribution in [-0.2, 0) is 4.79 Å². The molecule has 0 aliphatic heterocycles. The van der Waals surface area contributed by atoms with Gasteiger partial charge in [-0.2, -0.15) is 0 Å². The Balaban J connectivity index is 3.17. The predicted molar refractivity (Wildman–Crippen MR) is 59.5 cm³/mol. The second-order valence-electron chi connectivity index (χ2n) is 3.28. The van der Waals surface area contributed by atoms with Crippen molar-refractivity contribution in [2.45, 2.75) is 6.42 Å². The van der Waals surface area contributed by atoms with Gasteiger partial charge in [0.25, 0.3) is 0 Å². The summed E-state index contributed by atoms with van der Waals surface area (Å²) in [5.41, 5.74) is -0.280. The third-order valence-electron chi connectivity index (χ3n) is 1.90. The van der Waals surface area contributed by atoms with Crippen molar-refractivity contribution in [3.8, 4) is 11.8 Å². The minimum Gasteiger partial charge on any atom is -0.481 e. The number of aliphatic carboxylic acids is 1. The molecule has 0 saturated heterocycles. The smallest absolute Gasteiger partial charge is 0.335 e. The minimum absolute atomic E-state index is 0.147. The Bertz CT molecular complexity index is 544. The molecule has 1 aromatic carbocycles. The number of rotatable bonds is 3. The van der Waals surface area contributed by atoms with Gasteiger partial charge in [0.05, 0.1) is 11.1 Å². The van der Waals surface area contributed by atoms with Gasteiger partial charge in [0.2, 0.25) is 0 Å². The normalized spacial score (nSPS) is 9.11. The first kappa shape index (κ1) is 13.3. The lowest BCUT2D eigenvalue weighted by Crippen LogP contribution is -2.03. The van der Waals surface area contributed by atoms with E-state index in [4.69, 9.17) is 15.3 Å². The summed E-state index contributed by atoms with van der Waals surface area (Å²) in [5, 5.41) is 26.0. The fraction of sp³-hybridized carbons (Fsp3) is 0.0833. The largest absolute Gasteiger partial charge is 0.481 e. The SMILES string of the molecule is O=C(O)CC#Cc1cc(C(=O)O)cc(C(=O)O)c1. The topological polar surface area (TPSA) is 112 Å². The van der Waals surface area contributed by atoms with E-state index in [0.29, 0.717) is 0 Å². The lowest BCUT2D eigenvalue weighted by Gasteiger charge is -1.99. The van der Waals surface area contributed by atoms with Gasteiger partial charge in [0.15, 0.2) is 0 Å². The Kier molecular flexibility index (Phi) is 4.05. The van der Waals surface area contributed by atoms with E-state index in [9.17, 15) is 14.4 Å². The van der Waals surface area contributed by atoms with E-state index in [1.165, 1.54) is 12.1 Å². The van der Waals surface area contributed by atoms with Gasteiger partial charge >= 0.3 is 17.9 Å². The Hall–Kier alpha value is -2.81. The van der Waals surface area contributed by atoms with Crippen molar-refractivity contribution >= 4 is 17.9 Å². The zero-order chi connectivity index (χ0) is 13.7. The molecule has 3 N–H and O–H groups in total. The summed E-state index contributed by atoms with van der Waals surface area (Å²) in [6.45, 7) is 0. The molecule has 6 heteroatoms. The molecule has 1 aromatic rings. The van der Waals surface area contributed by atoms with Crippen LogP contribution < -0.4 is 0 Å². The molecule has 18 heavy (non-hydrogen) atoms. The second-order valence-corrected chi connectivity index (χ2v) is 3.28. The summed E-state index contributed by atoms with van der Waals surface area (Å²) in [5.74, 6) is 1.03. The van der Waals surface area contributed by atoms with E-state index in [-0.39, 0.29) is 16.7 Å². The number of carboxylic acid groups (broad SMARTS) is 3. The lowest BCUT2D eigenvalue weighted by molar-refractivity contribution is -0.135. The highest BCUT2D eigenvalue weighted by atomic mass is 16.4. The number of hydrogen-bond donors (Lipinski definition) is 3. The van der Waals surface area contributed by atoms with Crippen LogP contribution in [0.15, 0.2) is 18.2 Å². The summed E-state index contributed by atoms with van der Waals surface area (Å²) in [6.07, 6.45) is -0.403. The van der Waals surface area contributed by atoms with E-state index in [1.807, 2.05) is 0 Å². The van der Waals surface area contributed by atoms with E-state index in [0.717, 1.165) is 6.07 Å². The standard InChI is InChI=1S/C12H8O6/c13-10(14)3-1-2-7-4-8(11(15)16)6-9(5-7)12(17)18/h4-6H,3H2,(H,13,14)(H,15,16)(H,17,18). The molecule has 0 aliphatic rings. The van der Waals surface area contributed by atoms with Crippen LogP contribution in [0.3, 0.4) is 0 Å². The highest BCUT2D eigenvalue weighted by Crippen LogP contribution is 2.10. The van der Waals surface area contributed by atoms with Crippen molar-refractivity contribution < 1.29 is 29.7 Å². The van der Waals surface area contributed by atoms with Crippen LogP contribution in [0.1, 0.15) is 32.7 Å². The van der Waals surface area contributed by atoms with E-state index in [2.05, 4.69) is 11.8 Å². The monoisotopic (exact) mass is 248 g/mol. The fourth-order valence-electron chi connectivity index (χ4n) is 1.17. The molecule has 0 fully saturated rings. The number of hydrogen-bond acceptors (Lipinski definition) is 3. The molecule has 0 heterocycles. The molecule has 0 radical (unpaired) electrons. The van der Waals surface area contributed by atoms with Crippen molar-refractivity contribution in [1.29, 1.82) is 0 Å². The maximum absolute atomic E-state index is 10.8. The van der Waals surface area contributed by atoms with E-state index >= 15 is 0 Å². The van der Waals surface area contributed by atoms with Crippen molar-refractivity contribution in [3.63, 3.8) is 0 Å². The Morgan fingerprint density at radius 3 is 1.83 bits per heavy atom. The van der Waals surface area contributed by atoms with Gasteiger partial charge in [-0.05, 0) is 18.2 Å². The van der Waals surface area contributed by atoms with Crippen LogP contribution in [0.25, 0.3) is 0 Å². The molecule has 0 unspecified atom stereocenters. The molecule has 1 rings (SSSR count). The summed E-state index contributed by atoms with van der Waals surface area (Å²) in [6, 6.07) is 3.38. The van der Waals surface area contributed by atoms with Crippen LogP contribution in [-0.4, -0.2) is 33.2 Å². The third kappa shape index (κ3) is 3.64. The number of aromatic carboxylic acids is 2. The molecule has 0 spiro atoms. The third-order valence-corrected chi connectivity index (χ3v) is 1.90. The lowest BCUT2D eigenvalue weighted by atomic mass is 10.1. The van der Waals surface area contributed by atoms with Crippen molar-refractivity contribution in [2.24, 2.45) is 0 Å². The number of benzene rings is 1. The molecule has 6 nitrogen and oxygen atoms in total. The van der Waals surface area contributed by atoms with Crippen LogP contribution in [0.5, 0.6) is 0 Å². The molecule has 0 saturated carbocycles. The van der Waals surface area contributed by atoms with Crippen molar-refractivity contribution in [3.05, 3.63) is 34.9 Å². The zero-order valence-electron chi connectivity index (χ0n) is 9.01. The molecule has 0 bridgehead atoms. The van der Waals surface area contributed by atoms with Gasteiger partial charge in [0, 0.05) is 5.56 Å². The summed E-state index contributed by atoms with van der Waals surface area (Å²) in [4.78, 5) is 31.8. The molecule has 92 valence electrons. The molecule has 0 atom stereocenters. The average Bonchev–Trinajstić information content (AvgIpc) is 2.28. The van der Waals surface area contributed by atoms with Crippen LogP contribution in [0, 0.1) is 11.8 Å². The first-order valence-electron chi connectivity index (χ1n) is 4.72. The summed E-state index contributed by atoms with van der Waals surface area (Å²) >= 11 is 0. The van der Waals surface area contributed by atoms with Crippen molar-refractivity contribution in [1.82, 2.24) is 0 Å². The molecule has 0 aromatic heterocycles. The Morgan fingerprint density at radius 1 is 0.944 bits per heavy atom. The van der Waals surface area contributed by atoms with Gasteiger partial charge in [-0.15, -0.1) is 0 Å². The summed E-state index contributed by atoms with van der Waals surface area (Å²) in [7, 11) is 0. The van der Waals surface area contributed by atoms with E-state index < -0.39 is 24.3 Å². The predicted octanol–water partition coefficient (Wildman–Crippen LogP) is 0.909. The van der Waals surface area contributed by atoms with Gasteiger partial charge < -0.3 is 15.3 Å². The van der Waals surface area contributed by atoms with Gasteiger partial charge in [-0.1, -0.05) is 11.8 Å². The first-order chi connectivity index (χ1) is 8.40. The number of carbonyl (C=O) groups is 3. The molecular formula is C12H8O6. The van der Waals surface area contributed by atoms with Crippen LogP contribution in [0.4, 0.5) is 0 Å². The molecule has 0 aliphatic carbocycles. The summed E-state index contributed by atoms with van der Waals surface area (Å²) < 4.78 is 0. The van der Waals surface area contributed by atoms with Crippen molar-refractivity contribution in [2.75, 3.05) is 0 Å². The zero-order valence-corrected chi connectivity index (χ0v) is 9.01. The van der Waals surface area contributed by atoms with Crippen LogP contribution in [0.2, 0.25) is 0 Å². The molecule has 0 amide bonds. The quantitative estimate of drug-likeness (QED) is 0.685.